The molecule has 0 heterocycles. The molecule has 0 atom stereocenters. The van der Waals surface area contributed by atoms with Crippen LogP contribution in [0.4, 0.5) is 0 Å². The summed E-state index contributed by atoms with van der Waals surface area (Å²) in [6.07, 6.45) is 0. The van der Waals surface area contributed by atoms with Gasteiger partial charge < -0.3 is 98.6 Å². The third kappa shape index (κ3) is 1300. The second kappa shape index (κ2) is 1470. The molecule has 0 bridgehead atoms. The molecule has 36 N–H and O–H groups in total. The molecule has 0 saturated heterocycles. The maximum Gasteiger partial charge on any atom is 0 e. The standard InChI is InChI=1S/6Mo.18H2O/h;;;;;;18*1H2. The van der Waals surface area contributed by atoms with Crippen LogP contribution in [0.2, 0.25) is 0 Å². The normalized spacial score (nSPS) is 0. The first-order valence-electron chi connectivity index (χ1n) is 0. The fraction of sp³-hybridized carbons (Fsp3) is 0. The van der Waals surface area contributed by atoms with Crippen LogP contribution in [0.5, 0.6) is 0 Å². The monoisotopic (exact) mass is 912 g/mol. The molecule has 0 spiro atoms. The average Bonchev–Trinajstić information content (AvgIpc) is 0. The Labute approximate surface area is 222 Å². The van der Waals surface area contributed by atoms with Gasteiger partial charge in [0.1, 0.15) is 0 Å². The summed E-state index contributed by atoms with van der Waals surface area (Å²) in [6, 6.07) is 0. The van der Waals surface area contributed by atoms with Gasteiger partial charge in [-0.3, -0.25) is 0 Å². The van der Waals surface area contributed by atoms with Crippen molar-refractivity contribution in [3.05, 3.63) is 0 Å². The van der Waals surface area contributed by atoms with Crippen LogP contribution < -0.4 is 0 Å². The first kappa shape index (κ1) is 1640. The van der Waals surface area contributed by atoms with Gasteiger partial charge in [-0.2, -0.15) is 0 Å². The molecule has 0 aromatic carbocycles. The van der Waals surface area contributed by atoms with Gasteiger partial charge in [-0.1, -0.05) is 0 Å². The summed E-state index contributed by atoms with van der Waals surface area (Å²) in [5, 5.41) is 0. The molecule has 0 rings (SSSR count). The molecule has 24 heavy (non-hydrogen) atoms. The van der Waals surface area contributed by atoms with Crippen LogP contribution in [0.25, 0.3) is 0 Å². The molecule has 0 saturated carbocycles. The van der Waals surface area contributed by atoms with Gasteiger partial charge in [0.15, 0.2) is 0 Å². The molecule has 18 nitrogen and oxygen atoms in total. The van der Waals surface area contributed by atoms with Gasteiger partial charge in [-0.05, 0) is 0 Å². The zero-order chi connectivity index (χ0) is 0. The van der Waals surface area contributed by atoms with E-state index in [1.54, 1.807) is 0 Å². The van der Waals surface area contributed by atoms with Crippen molar-refractivity contribution in [1.82, 2.24) is 0 Å². The van der Waals surface area contributed by atoms with Crippen LogP contribution in [0.3, 0.4) is 0 Å². The van der Waals surface area contributed by atoms with Crippen molar-refractivity contribution in [3.8, 4) is 0 Å². The first-order chi connectivity index (χ1) is 0. The molecule has 0 aliphatic rings. The maximum atomic E-state index is 0. The largest absolute Gasteiger partial charge is 0.412 e. The predicted molar refractivity (Wildman–Crippen MR) is 65.0 cm³/mol. The Morgan fingerprint density at radius 3 is 0.0833 bits per heavy atom. The van der Waals surface area contributed by atoms with Gasteiger partial charge in [0.05, 0.1) is 0 Å². The van der Waals surface area contributed by atoms with Gasteiger partial charge >= 0.3 is 0 Å². The Bertz CT molecular complexity index is 19.5. The van der Waals surface area contributed by atoms with Crippen LogP contribution in [0, 0.1) is 0 Å². The minimum atomic E-state index is 0. The van der Waals surface area contributed by atoms with Gasteiger partial charge in [0.2, 0.25) is 0 Å². The third-order valence-corrected chi connectivity index (χ3v) is 0. The molecule has 0 radical (unpaired) electrons. The minimum Gasteiger partial charge on any atom is -0.412 e. The van der Waals surface area contributed by atoms with Crippen LogP contribution in [0.15, 0.2) is 0 Å². The molecule has 0 fully saturated rings. The molecular formula is H36Mo6O18. The van der Waals surface area contributed by atoms with E-state index in [0.717, 1.165) is 0 Å². The zero-order valence-electron chi connectivity index (χ0n) is 11.4. The summed E-state index contributed by atoms with van der Waals surface area (Å²) in [4.78, 5) is 0. The summed E-state index contributed by atoms with van der Waals surface area (Å²) in [5.74, 6) is 0. The van der Waals surface area contributed by atoms with Crippen molar-refractivity contribution in [2.24, 2.45) is 0 Å². The first-order valence-corrected chi connectivity index (χ1v) is 0. The van der Waals surface area contributed by atoms with Crippen molar-refractivity contribution >= 4 is 0 Å². The molecule has 0 aromatic rings. The van der Waals surface area contributed by atoms with Crippen molar-refractivity contribution in [2.45, 2.75) is 0 Å². The Kier molecular flexibility index (Phi) is 100000. The van der Waals surface area contributed by atoms with Crippen molar-refractivity contribution in [2.75, 3.05) is 0 Å². The summed E-state index contributed by atoms with van der Waals surface area (Å²) in [6.45, 7) is 0. The summed E-state index contributed by atoms with van der Waals surface area (Å²) in [7, 11) is 0. The fourth-order valence-electron chi connectivity index (χ4n) is 0. The Morgan fingerprint density at radius 1 is 0.0833 bits per heavy atom. The van der Waals surface area contributed by atoms with Crippen molar-refractivity contribution in [3.63, 3.8) is 0 Å². The van der Waals surface area contributed by atoms with Gasteiger partial charge in [0, 0.05) is 126 Å². The van der Waals surface area contributed by atoms with Crippen LogP contribution in [-0.4, -0.2) is 98.6 Å². The predicted octanol–water partition coefficient (Wildman–Crippen LogP) is -14.9. The SMILES string of the molecule is O.O.O.O.O.O.O.O.O.O.O.O.O.O.O.O.O.O.[Mo].[Mo].[Mo].[Mo].[Mo].[Mo]. The van der Waals surface area contributed by atoms with Crippen LogP contribution in [-0.2, 0) is 126 Å². The molecule has 0 aromatic heterocycles. The van der Waals surface area contributed by atoms with Gasteiger partial charge in [-0.25, -0.2) is 0 Å². The molecule has 0 aliphatic carbocycles. The van der Waals surface area contributed by atoms with E-state index in [0.29, 0.717) is 0 Å². The summed E-state index contributed by atoms with van der Waals surface area (Å²) < 4.78 is 0. The summed E-state index contributed by atoms with van der Waals surface area (Å²) >= 11 is 0. The van der Waals surface area contributed by atoms with E-state index < -0.39 is 0 Å². The minimum absolute atomic E-state index is 0. The smallest absolute Gasteiger partial charge is 0 e. The number of rotatable bonds is 0. The second-order valence-corrected chi connectivity index (χ2v) is 0. The van der Waals surface area contributed by atoms with Crippen molar-refractivity contribution < 1.29 is 225 Å². The van der Waals surface area contributed by atoms with E-state index >= 15 is 0 Å². The van der Waals surface area contributed by atoms with E-state index in [1.807, 2.05) is 0 Å². The molecule has 0 unspecified atom stereocenters. The van der Waals surface area contributed by atoms with E-state index in [4.69, 9.17) is 0 Å². The van der Waals surface area contributed by atoms with E-state index in [2.05, 4.69) is 0 Å². The second-order valence-electron chi connectivity index (χ2n) is 0. The molecule has 24 heteroatoms. The molecule has 0 amide bonds. The van der Waals surface area contributed by atoms with E-state index in [-0.39, 0.29) is 225 Å². The Hall–Kier alpha value is 3.41. The molecule has 180 valence electrons. The van der Waals surface area contributed by atoms with Crippen LogP contribution >= 0.6 is 0 Å². The fourth-order valence-corrected chi connectivity index (χ4v) is 0. The maximum absolute atomic E-state index is 0. The van der Waals surface area contributed by atoms with Crippen LogP contribution in [0.1, 0.15) is 0 Å². The Balaban J connectivity index is 0. The third-order valence-electron chi connectivity index (χ3n) is 0. The molecular weight excluding hydrogens is 864 g/mol. The zero-order valence-corrected chi connectivity index (χ0v) is 23.5. The van der Waals surface area contributed by atoms with E-state index in [1.165, 1.54) is 0 Å². The number of hydrogen-bond donors (Lipinski definition) is 0. The van der Waals surface area contributed by atoms with E-state index in [9.17, 15) is 0 Å². The topological polar surface area (TPSA) is 567 Å². The van der Waals surface area contributed by atoms with Gasteiger partial charge in [0.25, 0.3) is 0 Å². The average molecular weight is 900 g/mol. The van der Waals surface area contributed by atoms with Crippen molar-refractivity contribution in [1.29, 1.82) is 0 Å². The quantitative estimate of drug-likeness (QED) is 0.205. The summed E-state index contributed by atoms with van der Waals surface area (Å²) in [5.41, 5.74) is 0. The number of hydrogen-bond acceptors (Lipinski definition) is 0. The molecule has 0 aliphatic heterocycles. The van der Waals surface area contributed by atoms with Gasteiger partial charge in [-0.15, -0.1) is 0 Å². The Morgan fingerprint density at radius 2 is 0.0833 bits per heavy atom.